The molecule has 0 aromatic rings. The number of likely N-dealkylation sites (N-methyl/N-ethyl adjacent to an activating group) is 1. The summed E-state index contributed by atoms with van der Waals surface area (Å²) in [6.45, 7) is 7.17. The first-order valence-corrected chi connectivity index (χ1v) is 6.70. The van der Waals surface area contributed by atoms with E-state index < -0.39 is 0 Å². The molecule has 0 aromatic carbocycles. The highest BCUT2D eigenvalue weighted by Gasteiger charge is 2.23. The molecule has 2 atom stereocenters. The zero-order valence-corrected chi connectivity index (χ0v) is 10.8. The minimum atomic E-state index is 0.757. The summed E-state index contributed by atoms with van der Waals surface area (Å²) >= 11 is 0. The van der Waals surface area contributed by atoms with E-state index in [1.165, 1.54) is 45.1 Å². The van der Waals surface area contributed by atoms with Gasteiger partial charge in [-0.1, -0.05) is 26.2 Å². The van der Waals surface area contributed by atoms with Crippen LogP contribution in [0.1, 0.15) is 52.4 Å². The Balaban J connectivity index is 2.52. The van der Waals surface area contributed by atoms with E-state index in [1.807, 2.05) is 0 Å². The molecule has 1 rings (SSSR count). The molecular formula is C13H28N2. The van der Waals surface area contributed by atoms with Crippen molar-refractivity contribution in [2.45, 2.75) is 64.5 Å². The zero-order chi connectivity index (χ0) is 11.1. The molecule has 1 N–H and O–H groups in total. The van der Waals surface area contributed by atoms with Crippen molar-refractivity contribution >= 4 is 0 Å². The first-order valence-electron chi connectivity index (χ1n) is 6.70. The van der Waals surface area contributed by atoms with Crippen molar-refractivity contribution < 1.29 is 0 Å². The highest BCUT2D eigenvalue weighted by molar-refractivity contribution is 4.80. The van der Waals surface area contributed by atoms with Gasteiger partial charge in [-0.25, -0.2) is 0 Å². The summed E-state index contributed by atoms with van der Waals surface area (Å²) < 4.78 is 0. The molecule has 0 aliphatic carbocycles. The minimum Gasteiger partial charge on any atom is -0.318 e. The van der Waals surface area contributed by atoms with Gasteiger partial charge in [0.05, 0.1) is 0 Å². The largest absolute Gasteiger partial charge is 0.318 e. The molecule has 0 bridgehead atoms. The summed E-state index contributed by atoms with van der Waals surface area (Å²) in [5.74, 6) is 0. The normalized spacial score (nSPS) is 26.2. The van der Waals surface area contributed by atoms with Crippen LogP contribution in [0.2, 0.25) is 0 Å². The molecule has 1 heterocycles. The lowest BCUT2D eigenvalue weighted by molar-refractivity contribution is 0.137. The summed E-state index contributed by atoms with van der Waals surface area (Å²) in [5.41, 5.74) is 0. The number of rotatable bonds is 5. The molecule has 0 radical (unpaired) electrons. The monoisotopic (exact) mass is 212 g/mol. The van der Waals surface area contributed by atoms with Gasteiger partial charge in [-0.3, -0.25) is 4.90 Å². The lowest BCUT2D eigenvalue weighted by Gasteiger charge is -2.35. The van der Waals surface area contributed by atoms with E-state index in [1.54, 1.807) is 0 Å². The van der Waals surface area contributed by atoms with E-state index in [0.29, 0.717) is 0 Å². The molecule has 0 amide bonds. The Labute approximate surface area is 95.4 Å². The van der Waals surface area contributed by atoms with Crippen LogP contribution in [0.4, 0.5) is 0 Å². The third kappa shape index (κ3) is 4.12. The van der Waals surface area contributed by atoms with Gasteiger partial charge in [0.1, 0.15) is 0 Å². The van der Waals surface area contributed by atoms with Crippen LogP contribution in [0.15, 0.2) is 0 Å². The van der Waals surface area contributed by atoms with Crippen molar-refractivity contribution in [3.05, 3.63) is 0 Å². The van der Waals surface area contributed by atoms with Gasteiger partial charge < -0.3 is 5.32 Å². The topological polar surface area (TPSA) is 15.3 Å². The third-order valence-corrected chi connectivity index (χ3v) is 3.64. The number of likely N-dealkylation sites (tertiary alicyclic amines) is 1. The smallest absolute Gasteiger partial charge is 0.0223 e. The SMILES string of the molecule is CCCC(CNC)N1CCCCCC1C. The van der Waals surface area contributed by atoms with Crippen molar-refractivity contribution in [2.75, 3.05) is 20.1 Å². The lowest BCUT2D eigenvalue weighted by atomic mass is 10.1. The predicted octanol–water partition coefficient (Wildman–Crippen LogP) is 2.64. The van der Waals surface area contributed by atoms with E-state index in [4.69, 9.17) is 0 Å². The number of hydrogen-bond donors (Lipinski definition) is 1. The Hall–Kier alpha value is -0.0800. The van der Waals surface area contributed by atoms with Crippen molar-refractivity contribution in [3.8, 4) is 0 Å². The van der Waals surface area contributed by atoms with Crippen LogP contribution in [0, 0.1) is 0 Å². The molecule has 2 heteroatoms. The molecule has 2 nitrogen and oxygen atoms in total. The van der Waals surface area contributed by atoms with Crippen LogP contribution >= 0.6 is 0 Å². The summed E-state index contributed by atoms with van der Waals surface area (Å²) in [5, 5.41) is 3.35. The Morgan fingerprint density at radius 3 is 2.80 bits per heavy atom. The maximum Gasteiger partial charge on any atom is 0.0223 e. The van der Waals surface area contributed by atoms with E-state index in [-0.39, 0.29) is 0 Å². The van der Waals surface area contributed by atoms with E-state index >= 15 is 0 Å². The second kappa shape index (κ2) is 7.24. The molecule has 1 fully saturated rings. The first-order chi connectivity index (χ1) is 7.29. The Morgan fingerprint density at radius 2 is 2.13 bits per heavy atom. The standard InChI is InChI=1S/C13H28N2/c1-4-8-13(11-14-3)15-10-7-5-6-9-12(15)2/h12-14H,4-11H2,1-3H3. The quantitative estimate of drug-likeness (QED) is 0.753. The molecule has 1 aliphatic rings. The van der Waals surface area contributed by atoms with Crippen LogP contribution in [0.25, 0.3) is 0 Å². The van der Waals surface area contributed by atoms with Crippen molar-refractivity contribution in [2.24, 2.45) is 0 Å². The molecule has 15 heavy (non-hydrogen) atoms. The lowest BCUT2D eigenvalue weighted by Crippen LogP contribution is -2.46. The molecular weight excluding hydrogens is 184 g/mol. The number of hydrogen-bond acceptors (Lipinski definition) is 2. The maximum atomic E-state index is 3.35. The van der Waals surface area contributed by atoms with Crippen molar-refractivity contribution in [1.82, 2.24) is 10.2 Å². The van der Waals surface area contributed by atoms with E-state index in [9.17, 15) is 0 Å². The second-order valence-electron chi connectivity index (χ2n) is 4.94. The van der Waals surface area contributed by atoms with E-state index in [2.05, 4.69) is 31.1 Å². The zero-order valence-electron chi connectivity index (χ0n) is 10.8. The van der Waals surface area contributed by atoms with Crippen LogP contribution in [-0.4, -0.2) is 37.1 Å². The van der Waals surface area contributed by atoms with Gasteiger partial charge in [-0.2, -0.15) is 0 Å². The highest BCUT2D eigenvalue weighted by atomic mass is 15.2. The molecule has 90 valence electrons. The van der Waals surface area contributed by atoms with Crippen LogP contribution in [-0.2, 0) is 0 Å². The summed E-state index contributed by atoms with van der Waals surface area (Å²) in [6, 6.07) is 1.55. The van der Waals surface area contributed by atoms with Crippen LogP contribution in [0.5, 0.6) is 0 Å². The van der Waals surface area contributed by atoms with Gasteiger partial charge in [0, 0.05) is 18.6 Å². The minimum absolute atomic E-state index is 0.757. The van der Waals surface area contributed by atoms with Crippen LogP contribution < -0.4 is 5.32 Å². The van der Waals surface area contributed by atoms with Gasteiger partial charge in [-0.15, -0.1) is 0 Å². The average molecular weight is 212 g/mol. The number of nitrogens with zero attached hydrogens (tertiary/aromatic N) is 1. The molecule has 0 spiro atoms. The average Bonchev–Trinajstić information content (AvgIpc) is 2.43. The Kier molecular flexibility index (Phi) is 6.26. The second-order valence-corrected chi connectivity index (χ2v) is 4.94. The molecule has 1 aliphatic heterocycles. The van der Waals surface area contributed by atoms with Gasteiger partial charge in [-0.05, 0) is 39.8 Å². The summed E-state index contributed by atoms with van der Waals surface area (Å²) in [7, 11) is 2.07. The van der Waals surface area contributed by atoms with Gasteiger partial charge in [0.15, 0.2) is 0 Å². The number of nitrogens with one attached hydrogen (secondary N) is 1. The molecule has 0 saturated carbocycles. The van der Waals surface area contributed by atoms with Crippen LogP contribution in [0.3, 0.4) is 0 Å². The highest BCUT2D eigenvalue weighted by Crippen LogP contribution is 2.20. The molecule has 1 saturated heterocycles. The summed E-state index contributed by atoms with van der Waals surface area (Å²) in [6.07, 6.45) is 8.29. The Morgan fingerprint density at radius 1 is 1.33 bits per heavy atom. The fourth-order valence-corrected chi connectivity index (χ4v) is 2.79. The fourth-order valence-electron chi connectivity index (χ4n) is 2.79. The Bertz CT molecular complexity index is 153. The molecule has 0 aromatic heterocycles. The van der Waals surface area contributed by atoms with Crippen molar-refractivity contribution in [3.63, 3.8) is 0 Å². The van der Waals surface area contributed by atoms with Crippen molar-refractivity contribution in [1.29, 1.82) is 0 Å². The van der Waals surface area contributed by atoms with Gasteiger partial charge in [0.25, 0.3) is 0 Å². The third-order valence-electron chi connectivity index (χ3n) is 3.64. The van der Waals surface area contributed by atoms with E-state index in [0.717, 1.165) is 18.6 Å². The summed E-state index contributed by atoms with van der Waals surface area (Å²) in [4.78, 5) is 2.74. The molecule has 2 unspecified atom stereocenters. The maximum absolute atomic E-state index is 3.35. The predicted molar refractivity (Wildman–Crippen MR) is 67.3 cm³/mol. The van der Waals surface area contributed by atoms with Gasteiger partial charge in [0.2, 0.25) is 0 Å². The van der Waals surface area contributed by atoms with Gasteiger partial charge >= 0.3 is 0 Å². The fraction of sp³-hybridized carbons (Fsp3) is 1.00. The first kappa shape index (κ1) is 13.0.